The zero-order valence-electron chi connectivity index (χ0n) is 13.2. The second kappa shape index (κ2) is 7.21. The molecule has 0 aliphatic rings. The molecule has 1 unspecified atom stereocenters. The summed E-state index contributed by atoms with van der Waals surface area (Å²) in [5, 5.41) is 21.3. The number of benzene rings is 1. The molecule has 2 aromatic heterocycles. The molecule has 1 aromatic carbocycles. The first kappa shape index (κ1) is 17.4. The molecule has 0 fully saturated rings. The predicted molar refractivity (Wildman–Crippen MR) is 99.9 cm³/mol. The molecule has 24 heavy (non-hydrogen) atoms. The molecule has 0 saturated heterocycles. The second-order valence-electron chi connectivity index (χ2n) is 5.49. The van der Waals surface area contributed by atoms with E-state index >= 15 is 0 Å². The van der Waals surface area contributed by atoms with E-state index in [1.54, 1.807) is 0 Å². The zero-order chi connectivity index (χ0) is 17.3. The van der Waals surface area contributed by atoms with Crippen molar-refractivity contribution in [2.24, 2.45) is 0 Å². The Bertz CT molecular complexity index is 825. The molecular weight excluding hydrogens is 364 g/mol. The highest BCUT2D eigenvalue weighted by molar-refractivity contribution is 7.20. The van der Waals surface area contributed by atoms with E-state index in [-0.39, 0.29) is 6.42 Å². The van der Waals surface area contributed by atoms with E-state index in [0.29, 0.717) is 4.34 Å². The summed E-state index contributed by atoms with van der Waals surface area (Å²) in [6.45, 7) is 0. The van der Waals surface area contributed by atoms with Gasteiger partial charge in [-0.1, -0.05) is 11.6 Å². The molecule has 0 amide bonds. The van der Waals surface area contributed by atoms with Crippen LogP contribution in [-0.4, -0.2) is 30.5 Å². The first-order valence-electron chi connectivity index (χ1n) is 7.31. The Morgan fingerprint density at radius 3 is 2.42 bits per heavy atom. The Kier molecular flexibility index (Phi) is 5.22. The van der Waals surface area contributed by atoms with Crippen molar-refractivity contribution >= 4 is 40.0 Å². The lowest BCUT2D eigenvalue weighted by molar-refractivity contribution is -0.481. The fourth-order valence-corrected chi connectivity index (χ4v) is 4.54. The van der Waals surface area contributed by atoms with Crippen molar-refractivity contribution in [3.63, 3.8) is 0 Å². The second-order valence-corrected chi connectivity index (χ2v) is 8.29. The SMILES string of the molecule is CN(C)c1ccc(-c2nc(-c3ccc(Cl)s3)c(CC([O-])O)s2)cc1. The molecule has 0 bridgehead atoms. The van der Waals surface area contributed by atoms with Gasteiger partial charge in [-0.3, -0.25) is 0 Å². The molecule has 0 radical (unpaired) electrons. The average Bonchev–Trinajstić information content (AvgIpc) is 3.13. The van der Waals surface area contributed by atoms with Gasteiger partial charge in [-0.2, -0.15) is 0 Å². The van der Waals surface area contributed by atoms with Crippen molar-refractivity contribution in [3.05, 3.63) is 45.6 Å². The third kappa shape index (κ3) is 3.79. The van der Waals surface area contributed by atoms with Crippen LogP contribution in [0.25, 0.3) is 21.1 Å². The van der Waals surface area contributed by atoms with Crippen LogP contribution < -0.4 is 10.0 Å². The van der Waals surface area contributed by atoms with Crippen LogP contribution in [0.2, 0.25) is 4.34 Å². The third-order valence-electron chi connectivity index (χ3n) is 3.49. The van der Waals surface area contributed by atoms with Gasteiger partial charge in [0.2, 0.25) is 0 Å². The minimum absolute atomic E-state index is 0.0400. The van der Waals surface area contributed by atoms with Gasteiger partial charge in [-0.15, -0.1) is 22.7 Å². The number of anilines is 1. The smallest absolute Gasteiger partial charge is 0.124 e. The van der Waals surface area contributed by atoms with E-state index in [1.165, 1.54) is 22.7 Å². The van der Waals surface area contributed by atoms with Gasteiger partial charge in [-0.25, -0.2) is 4.98 Å². The van der Waals surface area contributed by atoms with Gasteiger partial charge >= 0.3 is 0 Å². The Morgan fingerprint density at radius 2 is 1.88 bits per heavy atom. The Morgan fingerprint density at radius 1 is 1.17 bits per heavy atom. The number of hydrogen-bond donors (Lipinski definition) is 1. The highest BCUT2D eigenvalue weighted by Gasteiger charge is 2.16. The number of thiazole rings is 1. The molecule has 3 aromatic rings. The normalized spacial score (nSPS) is 12.4. The summed E-state index contributed by atoms with van der Waals surface area (Å²) in [7, 11) is 3.98. The molecule has 126 valence electrons. The van der Waals surface area contributed by atoms with E-state index in [4.69, 9.17) is 16.6 Å². The number of thiophene rings is 1. The summed E-state index contributed by atoms with van der Waals surface area (Å²) < 4.78 is 0.670. The molecule has 0 aliphatic heterocycles. The average molecular weight is 380 g/mol. The minimum atomic E-state index is -1.65. The molecule has 0 saturated carbocycles. The first-order valence-corrected chi connectivity index (χ1v) is 9.32. The van der Waals surface area contributed by atoms with E-state index in [1.807, 2.05) is 55.4 Å². The maximum atomic E-state index is 11.3. The van der Waals surface area contributed by atoms with E-state index < -0.39 is 6.29 Å². The van der Waals surface area contributed by atoms with E-state index in [9.17, 15) is 10.2 Å². The molecule has 3 rings (SSSR count). The lowest BCUT2D eigenvalue weighted by Gasteiger charge is -2.13. The highest BCUT2D eigenvalue weighted by atomic mass is 35.5. The molecule has 2 heterocycles. The van der Waals surface area contributed by atoms with Crippen LogP contribution in [0.3, 0.4) is 0 Å². The summed E-state index contributed by atoms with van der Waals surface area (Å²) in [6, 6.07) is 11.8. The monoisotopic (exact) mass is 379 g/mol. The maximum Gasteiger partial charge on any atom is 0.124 e. The van der Waals surface area contributed by atoms with Gasteiger partial charge < -0.3 is 15.1 Å². The minimum Gasteiger partial charge on any atom is -0.831 e. The zero-order valence-corrected chi connectivity index (χ0v) is 15.6. The van der Waals surface area contributed by atoms with Crippen molar-refractivity contribution in [2.45, 2.75) is 12.7 Å². The molecule has 1 atom stereocenters. The van der Waals surface area contributed by atoms with Crippen LogP contribution in [0, 0.1) is 0 Å². The summed E-state index contributed by atoms with van der Waals surface area (Å²) in [5.74, 6) is 0. The fourth-order valence-electron chi connectivity index (χ4n) is 2.31. The van der Waals surface area contributed by atoms with Crippen molar-refractivity contribution in [1.82, 2.24) is 4.98 Å². The van der Waals surface area contributed by atoms with Crippen molar-refractivity contribution in [2.75, 3.05) is 19.0 Å². The highest BCUT2D eigenvalue weighted by Crippen LogP contribution is 2.38. The molecule has 1 N–H and O–H groups in total. The van der Waals surface area contributed by atoms with Gasteiger partial charge in [0.15, 0.2) is 0 Å². The molecule has 0 aliphatic carbocycles. The van der Waals surface area contributed by atoms with Crippen LogP contribution >= 0.6 is 34.3 Å². The molecule has 7 heteroatoms. The Hall–Kier alpha value is -1.44. The van der Waals surface area contributed by atoms with E-state index in [2.05, 4.69) is 0 Å². The van der Waals surface area contributed by atoms with Gasteiger partial charge in [0.05, 0.1) is 14.9 Å². The van der Waals surface area contributed by atoms with E-state index in [0.717, 1.165) is 31.7 Å². The number of aromatic nitrogens is 1. The summed E-state index contributed by atoms with van der Waals surface area (Å²) in [5.41, 5.74) is 2.83. The number of hydrogen-bond acceptors (Lipinski definition) is 6. The quantitative estimate of drug-likeness (QED) is 0.689. The van der Waals surface area contributed by atoms with Crippen molar-refractivity contribution < 1.29 is 10.2 Å². The predicted octanol–water partition coefficient (Wildman–Crippen LogP) is 3.48. The van der Waals surface area contributed by atoms with Crippen molar-refractivity contribution in [3.8, 4) is 21.1 Å². The Balaban J connectivity index is 2.01. The van der Waals surface area contributed by atoms with Gasteiger partial charge in [-0.05, 0) is 49.1 Å². The van der Waals surface area contributed by atoms with Crippen LogP contribution in [-0.2, 0) is 6.42 Å². The number of rotatable bonds is 5. The molecule has 0 spiro atoms. The number of halogens is 1. The summed E-state index contributed by atoms with van der Waals surface area (Å²) in [6.07, 6.45) is -1.61. The van der Waals surface area contributed by atoms with Crippen LogP contribution in [0.1, 0.15) is 4.88 Å². The van der Waals surface area contributed by atoms with Crippen molar-refractivity contribution in [1.29, 1.82) is 0 Å². The standard InChI is InChI=1S/C17H16ClN2O2S2/c1-20(2)11-5-3-10(4-6-11)17-19-16(12-7-8-14(18)23-12)13(24-17)9-15(21)22/h3-8,15,21H,9H2,1-2H3/q-1. The van der Waals surface area contributed by atoms with Crippen LogP contribution in [0.4, 0.5) is 5.69 Å². The van der Waals surface area contributed by atoms with Crippen LogP contribution in [0.15, 0.2) is 36.4 Å². The lowest BCUT2D eigenvalue weighted by Crippen LogP contribution is -2.26. The number of nitrogens with zero attached hydrogens (tertiary/aromatic N) is 2. The van der Waals surface area contributed by atoms with Gasteiger partial charge in [0.1, 0.15) is 5.01 Å². The largest absolute Gasteiger partial charge is 0.831 e. The molecular formula is C17H16ClN2O2S2-. The topological polar surface area (TPSA) is 59.4 Å². The summed E-state index contributed by atoms with van der Waals surface area (Å²) >= 11 is 8.87. The maximum absolute atomic E-state index is 11.3. The number of aliphatic hydroxyl groups is 1. The lowest BCUT2D eigenvalue weighted by atomic mass is 10.2. The van der Waals surface area contributed by atoms with Crippen LogP contribution in [0.5, 0.6) is 0 Å². The third-order valence-corrected chi connectivity index (χ3v) is 5.86. The fraction of sp³-hybridized carbons (Fsp3) is 0.235. The Labute approximate surface area is 153 Å². The summed E-state index contributed by atoms with van der Waals surface area (Å²) in [4.78, 5) is 8.42. The van der Waals surface area contributed by atoms with Gasteiger partial charge in [0.25, 0.3) is 0 Å². The first-order chi connectivity index (χ1) is 11.4. The number of aliphatic hydroxyl groups excluding tert-OH is 1. The van der Waals surface area contributed by atoms with Gasteiger partial charge in [0, 0.05) is 30.2 Å². The molecule has 4 nitrogen and oxygen atoms in total.